The number of thioether (sulfide) groups is 1. The van der Waals surface area contributed by atoms with Crippen molar-refractivity contribution >= 4 is 57.2 Å². The van der Waals surface area contributed by atoms with Crippen molar-refractivity contribution in [3.8, 4) is 21.7 Å². The molecule has 0 radical (unpaired) electrons. The van der Waals surface area contributed by atoms with Gasteiger partial charge in [-0.25, -0.2) is 0 Å². The van der Waals surface area contributed by atoms with Crippen LogP contribution < -0.4 is 19.3 Å². The minimum absolute atomic E-state index is 0.0485. The molecule has 0 atom stereocenters. The maximum Gasteiger partial charge on any atom is 0.269 e. The van der Waals surface area contributed by atoms with Crippen molar-refractivity contribution in [2.75, 3.05) is 6.54 Å². The average molecular weight is 697 g/mol. The van der Waals surface area contributed by atoms with Crippen LogP contribution in [0.1, 0.15) is 36.9 Å². The maximum absolute atomic E-state index is 13.9. The van der Waals surface area contributed by atoms with E-state index in [1.807, 2.05) is 10.6 Å². The van der Waals surface area contributed by atoms with Gasteiger partial charge in [0.15, 0.2) is 0 Å². The van der Waals surface area contributed by atoms with E-state index < -0.39 is 0 Å². The highest BCUT2D eigenvalue weighted by atomic mass is 32.2. The molecular formula is C42H38N3OS3+. The van der Waals surface area contributed by atoms with E-state index in [1.54, 1.807) is 34.4 Å². The predicted octanol–water partition coefficient (Wildman–Crippen LogP) is 8.68. The van der Waals surface area contributed by atoms with Crippen LogP contribution in [0.2, 0.25) is 0 Å². The van der Waals surface area contributed by atoms with Crippen molar-refractivity contribution < 1.29 is 4.57 Å². The summed E-state index contributed by atoms with van der Waals surface area (Å²) in [5.74, 6) is 0. The zero-order valence-electron chi connectivity index (χ0n) is 27.9. The third-order valence-electron chi connectivity index (χ3n) is 8.59. The fourth-order valence-corrected chi connectivity index (χ4v) is 9.96. The maximum atomic E-state index is 13.9. The summed E-state index contributed by atoms with van der Waals surface area (Å²) in [5.41, 5.74) is 7.22. The van der Waals surface area contributed by atoms with E-state index >= 15 is 0 Å². The number of hydrogen-bond donors (Lipinski definition) is 0. The Kier molecular flexibility index (Phi) is 9.94. The number of benzene rings is 4. The first-order valence-corrected chi connectivity index (χ1v) is 19.2. The Morgan fingerprint density at radius 2 is 1.22 bits per heavy atom. The molecule has 0 spiro atoms. The molecule has 4 aromatic carbocycles. The van der Waals surface area contributed by atoms with E-state index in [0.29, 0.717) is 6.54 Å². The second-order valence-corrected chi connectivity index (χ2v) is 14.6. The largest absolute Gasteiger partial charge is 0.335 e. The normalized spacial score (nSPS) is 14.8. The Labute approximate surface area is 300 Å². The van der Waals surface area contributed by atoms with Gasteiger partial charge >= 0.3 is 0 Å². The van der Waals surface area contributed by atoms with Crippen LogP contribution in [-0.4, -0.2) is 16.0 Å². The summed E-state index contributed by atoms with van der Waals surface area (Å²) in [6, 6.07) is 42.4. The van der Waals surface area contributed by atoms with Crippen LogP contribution in [0.15, 0.2) is 137 Å². The highest BCUT2D eigenvalue weighted by molar-refractivity contribution is 8.12. The second-order valence-electron chi connectivity index (χ2n) is 11.5. The SMILES string of the molecule is CCN1C(c2ccccc2)=C(c2ccccc2)S/C1=C/C=c1sc(=Cc2sc(-c3ccccc3)c(-c3ccccc3)[n+]2CC)n(CC)c1=O. The summed E-state index contributed by atoms with van der Waals surface area (Å²) >= 11 is 5.12. The van der Waals surface area contributed by atoms with Crippen molar-refractivity contribution in [3.63, 3.8) is 0 Å². The molecule has 7 heteroatoms. The molecule has 0 unspecified atom stereocenters. The van der Waals surface area contributed by atoms with Crippen LogP contribution in [0.3, 0.4) is 0 Å². The zero-order valence-corrected chi connectivity index (χ0v) is 30.3. The summed E-state index contributed by atoms with van der Waals surface area (Å²) < 4.78 is 5.98. The number of thiazole rings is 2. The molecule has 6 aromatic rings. The summed E-state index contributed by atoms with van der Waals surface area (Å²) in [6.07, 6.45) is 6.35. The topological polar surface area (TPSA) is 29.1 Å². The number of nitrogens with zero attached hydrogens (tertiary/aromatic N) is 3. The Hall–Kier alpha value is -4.69. The number of hydrogen-bond acceptors (Lipinski definition) is 5. The molecule has 7 rings (SSSR count). The third kappa shape index (κ3) is 6.54. The molecule has 4 nitrogen and oxygen atoms in total. The van der Waals surface area contributed by atoms with Crippen molar-refractivity contribution in [2.24, 2.45) is 0 Å². The molecule has 3 heterocycles. The van der Waals surface area contributed by atoms with Crippen LogP contribution in [0.5, 0.6) is 0 Å². The van der Waals surface area contributed by atoms with Gasteiger partial charge in [-0.05, 0) is 61.7 Å². The molecule has 0 bridgehead atoms. The zero-order chi connectivity index (χ0) is 33.7. The monoisotopic (exact) mass is 696 g/mol. The molecule has 0 saturated heterocycles. The Bertz CT molecular complexity index is 2320. The number of aromatic nitrogens is 2. The highest BCUT2D eigenvalue weighted by Crippen LogP contribution is 2.50. The first-order valence-electron chi connectivity index (χ1n) is 16.7. The van der Waals surface area contributed by atoms with Crippen molar-refractivity contribution in [2.45, 2.75) is 33.9 Å². The Morgan fingerprint density at radius 3 is 1.80 bits per heavy atom. The van der Waals surface area contributed by atoms with E-state index in [1.165, 1.54) is 43.4 Å². The average Bonchev–Trinajstić information content (AvgIpc) is 3.82. The van der Waals surface area contributed by atoms with E-state index in [0.717, 1.165) is 32.3 Å². The molecule has 2 aromatic heterocycles. The van der Waals surface area contributed by atoms with Gasteiger partial charge in [0.1, 0.15) is 16.1 Å². The number of rotatable bonds is 9. The van der Waals surface area contributed by atoms with Crippen LogP contribution in [0, 0.1) is 0 Å². The van der Waals surface area contributed by atoms with Gasteiger partial charge in [-0.15, -0.1) is 11.3 Å². The van der Waals surface area contributed by atoms with Gasteiger partial charge in [-0.1, -0.05) is 132 Å². The minimum atomic E-state index is 0.0485. The Balaban J connectivity index is 1.34. The molecule has 1 aliphatic rings. The van der Waals surface area contributed by atoms with Crippen molar-refractivity contribution in [1.82, 2.24) is 9.47 Å². The number of allylic oxidation sites excluding steroid dienone is 1. The van der Waals surface area contributed by atoms with Crippen LogP contribution in [0.4, 0.5) is 0 Å². The molecule has 0 fully saturated rings. The lowest BCUT2D eigenvalue weighted by Crippen LogP contribution is -2.36. The van der Waals surface area contributed by atoms with Crippen molar-refractivity contribution in [3.05, 3.63) is 168 Å². The van der Waals surface area contributed by atoms with Gasteiger partial charge < -0.3 is 4.90 Å². The van der Waals surface area contributed by atoms with Crippen LogP contribution in [-0.2, 0) is 13.1 Å². The minimum Gasteiger partial charge on any atom is -0.335 e. The highest BCUT2D eigenvalue weighted by Gasteiger charge is 2.29. The second kappa shape index (κ2) is 14.8. The summed E-state index contributed by atoms with van der Waals surface area (Å²) in [7, 11) is 0. The summed E-state index contributed by atoms with van der Waals surface area (Å²) in [5, 5.41) is 2.24. The quantitative estimate of drug-likeness (QED) is 0.142. The molecule has 0 N–H and O–H groups in total. The van der Waals surface area contributed by atoms with Gasteiger partial charge in [0.05, 0.1) is 21.3 Å². The fourth-order valence-electron chi connectivity index (χ4n) is 6.29. The van der Waals surface area contributed by atoms with Crippen LogP contribution >= 0.6 is 34.4 Å². The van der Waals surface area contributed by atoms with E-state index in [-0.39, 0.29) is 5.56 Å². The summed E-state index contributed by atoms with van der Waals surface area (Å²) in [6.45, 7) is 8.67. The lowest BCUT2D eigenvalue weighted by molar-refractivity contribution is -0.679. The molecule has 0 amide bonds. The first kappa shape index (κ1) is 32.8. The van der Waals surface area contributed by atoms with Gasteiger partial charge in [0.25, 0.3) is 10.6 Å². The standard InChI is InChI=1S/C42H38N3OS3/c1-4-43-35(48-40(32-23-15-9-16-24-32)38(43)30-19-11-7-12-20-30)28-27-34-42(46)45(6-3)37(47-34)29-36-44(5-2)39(31-21-13-8-14-22-31)41(49-36)33-25-17-10-18-26-33/h7-29H,4-6H2,1-3H3/q+1/b34-27?,35-28+. The Morgan fingerprint density at radius 1 is 0.653 bits per heavy atom. The molecule has 1 aliphatic heterocycles. The molecule has 0 saturated carbocycles. The van der Waals surface area contributed by atoms with Crippen molar-refractivity contribution in [1.29, 1.82) is 0 Å². The van der Waals surface area contributed by atoms with Gasteiger partial charge in [-0.2, -0.15) is 4.57 Å². The molecule has 49 heavy (non-hydrogen) atoms. The smallest absolute Gasteiger partial charge is 0.269 e. The van der Waals surface area contributed by atoms with E-state index in [4.69, 9.17) is 0 Å². The predicted molar refractivity (Wildman–Crippen MR) is 210 cm³/mol. The fraction of sp³-hybridized carbons (Fsp3) is 0.143. The summed E-state index contributed by atoms with van der Waals surface area (Å²) in [4.78, 5) is 18.7. The molecule has 0 aliphatic carbocycles. The van der Waals surface area contributed by atoms with Crippen LogP contribution in [0.25, 0.3) is 44.5 Å². The molecule has 244 valence electrons. The van der Waals surface area contributed by atoms with Gasteiger partial charge in [0.2, 0.25) is 5.69 Å². The first-order chi connectivity index (χ1) is 24.1. The van der Waals surface area contributed by atoms with E-state index in [9.17, 15) is 4.79 Å². The van der Waals surface area contributed by atoms with Gasteiger partial charge in [-0.3, -0.25) is 9.36 Å². The van der Waals surface area contributed by atoms with E-state index in [2.05, 4.69) is 164 Å². The third-order valence-corrected chi connectivity index (χ3v) is 12.0. The molecular weight excluding hydrogens is 659 g/mol. The lowest BCUT2D eigenvalue weighted by atomic mass is 10.1. The van der Waals surface area contributed by atoms with Gasteiger partial charge in [0, 0.05) is 23.6 Å². The lowest BCUT2D eigenvalue weighted by Gasteiger charge is -2.21.